The molecule has 1 atom stereocenters. The standard InChI is InChI=1S/C19H25ClN2O2/c1-13-10-19(11-13,15-4-3-5-16(20)9-15)18(24)21-12-14-6-7-22(2)17(23)8-14/h3-5,9,13-14H,6-8,10-12H2,1-2H3,(H,21,24). The van der Waals surface area contributed by atoms with Crippen LogP contribution in [0.4, 0.5) is 0 Å². The van der Waals surface area contributed by atoms with E-state index in [9.17, 15) is 9.59 Å². The molecule has 2 aliphatic rings. The zero-order chi connectivity index (χ0) is 17.3. The van der Waals surface area contributed by atoms with Gasteiger partial charge in [0.25, 0.3) is 0 Å². The van der Waals surface area contributed by atoms with Gasteiger partial charge in [-0.15, -0.1) is 0 Å². The molecule has 1 aromatic carbocycles. The topological polar surface area (TPSA) is 49.4 Å². The highest BCUT2D eigenvalue weighted by Gasteiger charge is 2.49. The minimum Gasteiger partial charge on any atom is -0.355 e. The predicted octanol–water partition coefficient (Wildman–Crippen LogP) is 2.99. The molecule has 0 aromatic heterocycles. The Labute approximate surface area is 148 Å². The Morgan fingerprint density at radius 1 is 1.42 bits per heavy atom. The molecule has 1 heterocycles. The summed E-state index contributed by atoms with van der Waals surface area (Å²) in [5, 5.41) is 3.78. The zero-order valence-corrected chi connectivity index (χ0v) is 15.1. The van der Waals surface area contributed by atoms with Crippen LogP contribution in [0.25, 0.3) is 0 Å². The number of piperidine rings is 1. The summed E-state index contributed by atoms with van der Waals surface area (Å²) < 4.78 is 0. The van der Waals surface area contributed by atoms with E-state index in [1.165, 1.54) is 0 Å². The van der Waals surface area contributed by atoms with E-state index in [0.717, 1.165) is 31.4 Å². The SMILES string of the molecule is CC1CC(C(=O)NCC2CCN(C)C(=O)C2)(c2cccc(Cl)c2)C1. The second kappa shape index (κ2) is 6.75. The fraction of sp³-hybridized carbons (Fsp3) is 0.579. The Kier molecular flexibility index (Phi) is 4.86. The molecule has 0 bridgehead atoms. The van der Waals surface area contributed by atoms with E-state index < -0.39 is 5.41 Å². The molecular weight excluding hydrogens is 324 g/mol. The lowest BCUT2D eigenvalue weighted by Gasteiger charge is -2.45. The fourth-order valence-electron chi connectivity index (χ4n) is 4.05. The lowest BCUT2D eigenvalue weighted by Crippen LogP contribution is -2.53. The summed E-state index contributed by atoms with van der Waals surface area (Å²) in [7, 11) is 1.83. The van der Waals surface area contributed by atoms with E-state index in [1.54, 1.807) is 4.90 Å². The molecule has 1 aromatic rings. The van der Waals surface area contributed by atoms with Crippen LogP contribution in [0.15, 0.2) is 24.3 Å². The zero-order valence-electron chi connectivity index (χ0n) is 14.3. The number of nitrogens with one attached hydrogen (secondary N) is 1. The van der Waals surface area contributed by atoms with Crippen molar-refractivity contribution in [2.75, 3.05) is 20.1 Å². The highest BCUT2D eigenvalue weighted by Crippen LogP contribution is 2.48. The molecule has 2 fully saturated rings. The van der Waals surface area contributed by atoms with Crippen molar-refractivity contribution in [3.63, 3.8) is 0 Å². The van der Waals surface area contributed by atoms with Crippen molar-refractivity contribution in [1.82, 2.24) is 10.2 Å². The number of likely N-dealkylation sites (tertiary alicyclic amines) is 1. The van der Waals surface area contributed by atoms with Gasteiger partial charge >= 0.3 is 0 Å². The lowest BCUT2D eigenvalue weighted by atomic mass is 9.58. The second-order valence-electron chi connectivity index (χ2n) is 7.49. The molecule has 130 valence electrons. The molecule has 1 aliphatic heterocycles. The van der Waals surface area contributed by atoms with Crippen LogP contribution in [0.2, 0.25) is 5.02 Å². The first kappa shape index (κ1) is 17.3. The average molecular weight is 349 g/mol. The summed E-state index contributed by atoms with van der Waals surface area (Å²) in [6.45, 7) is 3.52. The highest BCUT2D eigenvalue weighted by molar-refractivity contribution is 6.30. The summed E-state index contributed by atoms with van der Waals surface area (Å²) in [4.78, 5) is 26.5. The monoisotopic (exact) mass is 348 g/mol. The van der Waals surface area contributed by atoms with Crippen LogP contribution in [0.5, 0.6) is 0 Å². The molecule has 1 aliphatic carbocycles. The molecule has 24 heavy (non-hydrogen) atoms. The fourth-order valence-corrected chi connectivity index (χ4v) is 4.24. The molecule has 1 saturated heterocycles. The summed E-state index contributed by atoms with van der Waals surface area (Å²) in [5.74, 6) is 1.03. The normalized spacial score (nSPS) is 30.0. The van der Waals surface area contributed by atoms with E-state index in [1.807, 2.05) is 31.3 Å². The van der Waals surface area contributed by atoms with Crippen molar-refractivity contribution in [3.8, 4) is 0 Å². The maximum atomic E-state index is 12.9. The van der Waals surface area contributed by atoms with E-state index in [-0.39, 0.29) is 17.7 Å². The van der Waals surface area contributed by atoms with Gasteiger partial charge in [-0.25, -0.2) is 0 Å². The van der Waals surface area contributed by atoms with Gasteiger partial charge in [0.2, 0.25) is 11.8 Å². The molecular formula is C19H25ClN2O2. The first-order valence-electron chi connectivity index (χ1n) is 8.69. The lowest BCUT2D eigenvalue weighted by molar-refractivity contribution is -0.135. The quantitative estimate of drug-likeness (QED) is 0.909. The van der Waals surface area contributed by atoms with Crippen molar-refractivity contribution in [1.29, 1.82) is 0 Å². The largest absolute Gasteiger partial charge is 0.355 e. The van der Waals surface area contributed by atoms with E-state index >= 15 is 0 Å². The van der Waals surface area contributed by atoms with Crippen LogP contribution in [0.3, 0.4) is 0 Å². The number of halogens is 1. The summed E-state index contributed by atoms with van der Waals surface area (Å²) in [6.07, 6.45) is 3.18. The Morgan fingerprint density at radius 3 is 2.79 bits per heavy atom. The summed E-state index contributed by atoms with van der Waals surface area (Å²) in [6, 6.07) is 7.65. The maximum absolute atomic E-state index is 12.9. The number of hydrogen-bond donors (Lipinski definition) is 1. The van der Waals surface area contributed by atoms with E-state index in [4.69, 9.17) is 11.6 Å². The third-order valence-corrected chi connectivity index (χ3v) is 5.75. The van der Waals surface area contributed by atoms with Gasteiger partial charge in [0.1, 0.15) is 0 Å². The van der Waals surface area contributed by atoms with Crippen molar-refractivity contribution < 1.29 is 9.59 Å². The van der Waals surface area contributed by atoms with Crippen molar-refractivity contribution in [3.05, 3.63) is 34.9 Å². The maximum Gasteiger partial charge on any atom is 0.230 e. The molecule has 0 radical (unpaired) electrons. The molecule has 2 amide bonds. The third kappa shape index (κ3) is 3.30. The molecule has 5 heteroatoms. The van der Waals surface area contributed by atoms with Gasteiger partial charge in [0, 0.05) is 31.6 Å². The number of hydrogen-bond acceptors (Lipinski definition) is 2. The number of rotatable bonds is 4. The van der Waals surface area contributed by atoms with Crippen LogP contribution < -0.4 is 5.32 Å². The van der Waals surface area contributed by atoms with Crippen molar-refractivity contribution in [2.45, 2.75) is 38.0 Å². The Bertz CT molecular complexity index is 640. The van der Waals surface area contributed by atoms with E-state index in [0.29, 0.717) is 23.9 Å². The second-order valence-corrected chi connectivity index (χ2v) is 7.93. The molecule has 3 rings (SSSR count). The van der Waals surface area contributed by atoms with Crippen LogP contribution in [0, 0.1) is 11.8 Å². The Morgan fingerprint density at radius 2 is 2.17 bits per heavy atom. The number of carbonyl (C=O) groups excluding carboxylic acids is 2. The number of benzene rings is 1. The Balaban J connectivity index is 1.66. The van der Waals surface area contributed by atoms with Gasteiger partial charge in [0.05, 0.1) is 5.41 Å². The van der Waals surface area contributed by atoms with Gasteiger partial charge in [0.15, 0.2) is 0 Å². The third-order valence-electron chi connectivity index (χ3n) is 5.52. The summed E-state index contributed by atoms with van der Waals surface area (Å²) in [5.41, 5.74) is 0.546. The van der Waals surface area contributed by atoms with Crippen molar-refractivity contribution in [2.24, 2.45) is 11.8 Å². The van der Waals surface area contributed by atoms with Crippen LogP contribution >= 0.6 is 11.6 Å². The molecule has 1 saturated carbocycles. The molecule has 1 N–H and O–H groups in total. The van der Waals surface area contributed by atoms with Crippen LogP contribution in [0.1, 0.15) is 38.2 Å². The number of amides is 2. The number of nitrogens with zero attached hydrogens (tertiary/aromatic N) is 1. The van der Waals surface area contributed by atoms with Gasteiger partial charge in [-0.3, -0.25) is 9.59 Å². The Hall–Kier alpha value is -1.55. The predicted molar refractivity (Wildman–Crippen MR) is 94.9 cm³/mol. The molecule has 0 spiro atoms. The van der Waals surface area contributed by atoms with Gasteiger partial charge in [-0.1, -0.05) is 30.7 Å². The van der Waals surface area contributed by atoms with Gasteiger partial charge in [-0.05, 0) is 48.8 Å². The minimum absolute atomic E-state index is 0.0780. The number of carbonyl (C=O) groups is 2. The van der Waals surface area contributed by atoms with Crippen LogP contribution in [-0.4, -0.2) is 36.9 Å². The molecule has 1 unspecified atom stereocenters. The van der Waals surface area contributed by atoms with Gasteiger partial charge in [-0.2, -0.15) is 0 Å². The smallest absolute Gasteiger partial charge is 0.230 e. The van der Waals surface area contributed by atoms with E-state index in [2.05, 4.69) is 12.2 Å². The minimum atomic E-state index is -0.459. The van der Waals surface area contributed by atoms with Gasteiger partial charge < -0.3 is 10.2 Å². The first-order chi connectivity index (χ1) is 11.4. The van der Waals surface area contributed by atoms with Crippen LogP contribution in [-0.2, 0) is 15.0 Å². The first-order valence-corrected chi connectivity index (χ1v) is 9.07. The molecule has 4 nitrogen and oxygen atoms in total. The van der Waals surface area contributed by atoms with Crippen molar-refractivity contribution >= 4 is 23.4 Å². The summed E-state index contributed by atoms with van der Waals surface area (Å²) >= 11 is 6.13. The highest BCUT2D eigenvalue weighted by atomic mass is 35.5. The average Bonchev–Trinajstić information content (AvgIpc) is 2.52.